The van der Waals surface area contributed by atoms with Gasteiger partial charge in [0, 0.05) is 32.5 Å². The van der Waals surface area contributed by atoms with E-state index in [-0.39, 0.29) is 18.5 Å². The summed E-state index contributed by atoms with van der Waals surface area (Å²) in [6.07, 6.45) is 6.43. The zero-order valence-electron chi connectivity index (χ0n) is 19.0. The van der Waals surface area contributed by atoms with Crippen molar-refractivity contribution in [1.82, 2.24) is 29.0 Å². The first-order chi connectivity index (χ1) is 16.2. The lowest BCUT2D eigenvalue weighted by Gasteiger charge is -2.25. The lowest BCUT2D eigenvalue weighted by molar-refractivity contribution is -0.132. The van der Waals surface area contributed by atoms with Gasteiger partial charge in [0.15, 0.2) is 0 Å². The number of rotatable bonds is 7. The van der Waals surface area contributed by atoms with Crippen LogP contribution < -0.4 is 0 Å². The normalized spacial score (nSPS) is 16.1. The summed E-state index contributed by atoms with van der Waals surface area (Å²) < 4.78 is 9.32. The number of carbonyl (C=O) groups is 1. The molecule has 33 heavy (non-hydrogen) atoms. The minimum atomic E-state index is -0.0355. The molecule has 0 bridgehead atoms. The van der Waals surface area contributed by atoms with Gasteiger partial charge in [-0.25, -0.2) is 15.0 Å². The maximum Gasteiger partial charge on any atom is 0.243 e. The van der Waals surface area contributed by atoms with Crippen molar-refractivity contribution in [2.45, 2.75) is 45.4 Å². The number of para-hydroxylation sites is 2. The fraction of sp³-hybridized carbons (Fsp3) is 0.360. The summed E-state index contributed by atoms with van der Waals surface area (Å²) in [4.78, 5) is 29.5. The number of ether oxygens (including phenoxy) is 1. The first kappa shape index (κ1) is 21.3. The second-order valence-corrected chi connectivity index (χ2v) is 8.27. The molecule has 8 nitrogen and oxygen atoms in total. The number of aryl methyl sites for hydroxylation is 1. The number of pyridine rings is 1. The number of fused-ring (bicyclic) bond motifs is 1. The molecule has 4 heterocycles. The minimum Gasteiger partial charge on any atom is -0.377 e. The van der Waals surface area contributed by atoms with Crippen LogP contribution in [0.25, 0.3) is 16.9 Å². The van der Waals surface area contributed by atoms with Crippen LogP contribution >= 0.6 is 0 Å². The van der Waals surface area contributed by atoms with Crippen LogP contribution in [0.2, 0.25) is 0 Å². The lowest BCUT2D eigenvalue weighted by atomic mass is 10.1. The number of hydrogen-bond acceptors (Lipinski definition) is 5. The monoisotopic (exact) mass is 444 g/mol. The first-order valence-corrected chi connectivity index (χ1v) is 11.4. The van der Waals surface area contributed by atoms with Crippen molar-refractivity contribution in [3.05, 3.63) is 72.2 Å². The predicted molar refractivity (Wildman–Crippen MR) is 125 cm³/mol. The minimum absolute atomic E-state index is 0.0355. The summed E-state index contributed by atoms with van der Waals surface area (Å²) in [5, 5.41) is 0. The topological polar surface area (TPSA) is 78.1 Å². The summed E-state index contributed by atoms with van der Waals surface area (Å²) in [5.74, 6) is 2.64. The molecule has 0 aliphatic carbocycles. The van der Waals surface area contributed by atoms with Gasteiger partial charge in [-0.1, -0.05) is 25.1 Å². The number of aromatic nitrogens is 5. The summed E-state index contributed by atoms with van der Waals surface area (Å²) in [6, 6.07) is 13.9. The Morgan fingerprint density at radius 1 is 1.12 bits per heavy atom. The van der Waals surface area contributed by atoms with Gasteiger partial charge in [-0.2, -0.15) is 0 Å². The summed E-state index contributed by atoms with van der Waals surface area (Å²) in [7, 11) is 1.64. The first-order valence-electron chi connectivity index (χ1n) is 11.4. The van der Waals surface area contributed by atoms with Gasteiger partial charge >= 0.3 is 0 Å². The van der Waals surface area contributed by atoms with E-state index in [9.17, 15) is 4.79 Å². The van der Waals surface area contributed by atoms with Crippen molar-refractivity contribution in [3.8, 4) is 5.82 Å². The molecule has 1 amide bonds. The SMILES string of the molecule is CCc1nccn1-c1cccc([C@@H]2CCCN2C(=O)Cn2c(COC)nc3ccccc32)n1. The van der Waals surface area contributed by atoms with Gasteiger partial charge in [0.25, 0.3) is 0 Å². The van der Waals surface area contributed by atoms with Gasteiger partial charge in [-0.15, -0.1) is 0 Å². The Balaban J connectivity index is 1.42. The summed E-state index contributed by atoms with van der Waals surface area (Å²) in [5.41, 5.74) is 2.74. The quantitative estimate of drug-likeness (QED) is 0.434. The van der Waals surface area contributed by atoms with Gasteiger partial charge in [0.05, 0.1) is 22.8 Å². The lowest BCUT2D eigenvalue weighted by Crippen LogP contribution is -2.34. The molecular formula is C25H28N6O2. The highest BCUT2D eigenvalue weighted by molar-refractivity contribution is 5.81. The fourth-order valence-corrected chi connectivity index (χ4v) is 4.70. The number of benzene rings is 1. The van der Waals surface area contributed by atoms with Gasteiger partial charge in [-0.05, 0) is 37.1 Å². The highest BCUT2D eigenvalue weighted by atomic mass is 16.5. The van der Waals surface area contributed by atoms with Crippen LogP contribution in [0.5, 0.6) is 0 Å². The number of methoxy groups -OCH3 is 1. The molecule has 1 aromatic carbocycles. The number of likely N-dealkylation sites (tertiary alicyclic amines) is 1. The Bertz CT molecular complexity index is 1280. The number of imidazole rings is 2. The Morgan fingerprint density at radius 2 is 2.00 bits per heavy atom. The van der Waals surface area contributed by atoms with Crippen molar-refractivity contribution in [3.63, 3.8) is 0 Å². The molecule has 1 saturated heterocycles. The highest BCUT2D eigenvalue weighted by Gasteiger charge is 2.31. The van der Waals surface area contributed by atoms with Crippen LogP contribution in [0.4, 0.5) is 0 Å². The molecule has 1 aliphatic heterocycles. The maximum atomic E-state index is 13.5. The molecule has 1 atom stereocenters. The van der Waals surface area contributed by atoms with Crippen LogP contribution in [0, 0.1) is 0 Å². The van der Waals surface area contributed by atoms with Crippen molar-refractivity contribution in [2.75, 3.05) is 13.7 Å². The van der Waals surface area contributed by atoms with E-state index in [1.54, 1.807) is 13.3 Å². The molecule has 0 spiro atoms. The molecule has 1 aliphatic rings. The average Bonchev–Trinajstić information content (AvgIpc) is 3.58. The molecule has 5 rings (SSSR count). The zero-order chi connectivity index (χ0) is 22.8. The van der Waals surface area contributed by atoms with Gasteiger partial charge in [0.1, 0.15) is 30.6 Å². The van der Waals surface area contributed by atoms with Crippen LogP contribution in [-0.4, -0.2) is 48.5 Å². The molecular weight excluding hydrogens is 416 g/mol. The van der Waals surface area contributed by atoms with Gasteiger partial charge < -0.3 is 14.2 Å². The van der Waals surface area contributed by atoms with Crippen molar-refractivity contribution < 1.29 is 9.53 Å². The number of amides is 1. The van der Waals surface area contributed by atoms with Crippen molar-refractivity contribution >= 4 is 16.9 Å². The molecule has 0 N–H and O–H groups in total. The predicted octanol–water partition coefficient (Wildman–Crippen LogP) is 3.69. The van der Waals surface area contributed by atoms with E-state index in [0.29, 0.717) is 6.61 Å². The van der Waals surface area contributed by atoms with Crippen LogP contribution in [0.15, 0.2) is 54.9 Å². The summed E-state index contributed by atoms with van der Waals surface area (Å²) in [6.45, 7) is 3.40. The molecule has 0 unspecified atom stereocenters. The standard InChI is InChI=1S/C25H28N6O2/c1-3-22-26-13-15-30(22)23-12-6-9-19(27-23)20-11-7-14-29(20)25(32)16-31-21-10-5-4-8-18(21)28-24(31)17-33-2/h4-6,8-10,12-13,15,20H,3,7,11,14,16-17H2,1-2H3/t20-/m0/s1. The smallest absolute Gasteiger partial charge is 0.243 e. The second kappa shape index (κ2) is 9.15. The zero-order valence-corrected chi connectivity index (χ0v) is 19.0. The van der Waals surface area contributed by atoms with Gasteiger partial charge in [-0.3, -0.25) is 9.36 Å². The molecule has 0 saturated carbocycles. The van der Waals surface area contributed by atoms with E-state index in [1.165, 1.54) is 0 Å². The fourth-order valence-electron chi connectivity index (χ4n) is 4.70. The molecule has 1 fully saturated rings. The maximum absolute atomic E-state index is 13.5. The third kappa shape index (κ3) is 4.02. The van der Waals surface area contributed by atoms with E-state index in [2.05, 4.69) is 16.9 Å². The Labute approximate surface area is 192 Å². The second-order valence-electron chi connectivity index (χ2n) is 8.27. The Kier molecular flexibility index (Phi) is 5.92. The van der Waals surface area contributed by atoms with Gasteiger partial charge in [0.2, 0.25) is 5.91 Å². The molecule has 0 radical (unpaired) electrons. The van der Waals surface area contributed by atoms with Crippen LogP contribution in [0.3, 0.4) is 0 Å². The number of nitrogens with zero attached hydrogens (tertiary/aromatic N) is 6. The summed E-state index contributed by atoms with van der Waals surface area (Å²) >= 11 is 0. The highest BCUT2D eigenvalue weighted by Crippen LogP contribution is 2.32. The third-order valence-electron chi connectivity index (χ3n) is 6.25. The van der Waals surface area contributed by atoms with Crippen LogP contribution in [0.1, 0.15) is 43.1 Å². The van der Waals surface area contributed by atoms with Crippen molar-refractivity contribution in [2.24, 2.45) is 0 Å². The number of carbonyl (C=O) groups excluding carboxylic acids is 1. The largest absolute Gasteiger partial charge is 0.377 e. The molecule has 3 aromatic heterocycles. The van der Waals surface area contributed by atoms with Crippen molar-refractivity contribution in [1.29, 1.82) is 0 Å². The Hall–Kier alpha value is -3.52. The molecule has 8 heteroatoms. The number of hydrogen-bond donors (Lipinski definition) is 0. The molecule has 170 valence electrons. The van der Waals surface area contributed by atoms with E-state index in [0.717, 1.165) is 60.0 Å². The van der Waals surface area contributed by atoms with E-state index < -0.39 is 0 Å². The average molecular weight is 445 g/mol. The molecule has 4 aromatic rings. The van der Waals surface area contributed by atoms with E-state index in [4.69, 9.17) is 9.72 Å². The van der Waals surface area contributed by atoms with Crippen LogP contribution in [-0.2, 0) is 29.1 Å². The van der Waals surface area contributed by atoms with E-state index >= 15 is 0 Å². The third-order valence-corrected chi connectivity index (χ3v) is 6.25. The van der Waals surface area contributed by atoms with E-state index in [1.807, 2.05) is 62.7 Å². The Morgan fingerprint density at radius 3 is 2.85 bits per heavy atom.